The minimum absolute atomic E-state index is 1.16. The molecule has 146 heavy (non-hydrogen) atoms. The van der Waals surface area contributed by atoms with E-state index in [-0.39, 0.29) is 0 Å². The average Bonchev–Trinajstić information content (AvgIpc) is 1.68. The summed E-state index contributed by atoms with van der Waals surface area (Å²) in [5.41, 5.74) is 31.6. The Morgan fingerprint density at radius 3 is 0.664 bits per heavy atom. The normalized spacial score (nSPS) is 12.0. The van der Waals surface area contributed by atoms with Crippen LogP contribution in [-0.4, -0.2) is 27.4 Å². The van der Waals surface area contributed by atoms with E-state index in [1.54, 1.807) is 0 Å². The number of para-hydroxylation sites is 8. The lowest BCUT2D eigenvalue weighted by Gasteiger charge is -2.14. The van der Waals surface area contributed by atoms with Gasteiger partial charge in [0.1, 0.15) is 0 Å². The van der Waals surface area contributed by atoms with Crippen LogP contribution in [-0.2, 0) is 0 Å². The Labute approximate surface area is 847 Å². The Morgan fingerprint density at radius 2 is 0.329 bits per heavy atom. The number of aromatic nitrogens is 6. The van der Waals surface area contributed by atoms with Crippen molar-refractivity contribution in [1.29, 1.82) is 0 Å². The number of fused-ring (bicyclic) bond motifs is 30. The standard InChI is InChI=1S/C48H30N2S.C48H30N2.C42H26N2S/c1-2-11-31(12-3-1)32-21-25-35(26-22-32)49-42-17-7-4-13-36(42)40-29-33(23-27-44(40)49)34-24-28-45-41(30-34)37-14-5-8-18-43(37)50(45)46-19-10-16-39-38-15-6-9-20-47(38)51-48(39)46;1-2-12-33(13-3-1)49-45-20-10-8-18-40(45)43-28-31(22-26-47(43)49)32-23-27-48-44(29-32)41-19-9-11-21-46(41)50(48)34-24-25-39-37-16-5-4-14-35(37)36-15-6-7-17-38(36)42(39)30-34;1-2-11-29(12-3-1)43-36-17-7-4-13-30(36)34-25-27(21-23-38(34)43)28-22-24-39-35(26-28)31-14-5-8-18-37(31)44(39)40-19-10-16-33-32-15-6-9-20-41(32)45-42(33)40/h1-30H;1-30H;1-26H. The van der Waals surface area contributed by atoms with Crippen molar-refractivity contribution in [2.24, 2.45) is 0 Å². The van der Waals surface area contributed by atoms with Gasteiger partial charge in [0.15, 0.2) is 0 Å². The molecule has 8 heterocycles. The summed E-state index contributed by atoms with van der Waals surface area (Å²) >= 11 is 3.77. The van der Waals surface area contributed by atoms with Crippen LogP contribution < -0.4 is 0 Å². The van der Waals surface area contributed by atoms with E-state index in [0.29, 0.717) is 0 Å². The van der Waals surface area contributed by atoms with Crippen molar-refractivity contribution < 1.29 is 0 Å². The number of rotatable bonds is 10. The Morgan fingerprint density at radius 1 is 0.110 bits per heavy atom. The van der Waals surface area contributed by atoms with Crippen LogP contribution in [0.4, 0.5) is 0 Å². The van der Waals surface area contributed by atoms with Crippen LogP contribution in [0.15, 0.2) is 522 Å². The van der Waals surface area contributed by atoms with Crippen molar-refractivity contribution in [1.82, 2.24) is 27.4 Å². The Bertz CT molecular complexity index is 11000. The van der Waals surface area contributed by atoms with Crippen LogP contribution in [0.3, 0.4) is 0 Å². The van der Waals surface area contributed by atoms with Crippen LogP contribution in [0.5, 0.6) is 0 Å². The van der Waals surface area contributed by atoms with Gasteiger partial charge in [0.2, 0.25) is 0 Å². The van der Waals surface area contributed by atoms with E-state index >= 15 is 0 Å². The highest BCUT2D eigenvalue weighted by Gasteiger charge is 2.25. The summed E-state index contributed by atoms with van der Waals surface area (Å²) in [6, 6.07) is 191. The third kappa shape index (κ3) is 13.1. The molecule has 0 N–H and O–H groups in total. The molecule has 6 nitrogen and oxygen atoms in total. The van der Waals surface area contributed by atoms with Crippen LogP contribution >= 0.6 is 22.7 Å². The van der Waals surface area contributed by atoms with Crippen molar-refractivity contribution in [3.8, 4) is 78.6 Å². The van der Waals surface area contributed by atoms with E-state index in [0.717, 1.165) is 5.69 Å². The maximum absolute atomic E-state index is 2.46. The van der Waals surface area contributed by atoms with Gasteiger partial charge in [0.05, 0.1) is 87.0 Å². The summed E-state index contributed by atoms with van der Waals surface area (Å²) in [6.45, 7) is 0. The third-order valence-corrected chi connectivity index (χ3v) is 32.9. The molecule has 0 aliphatic carbocycles. The largest absolute Gasteiger partial charge is 0.309 e. The second-order valence-corrected chi connectivity index (χ2v) is 40.5. The second-order valence-electron chi connectivity index (χ2n) is 38.4. The maximum atomic E-state index is 2.46. The number of thiophene rings is 2. The van der Waals surface area contributed by atoms with Crippen LogP contribution in [0, 0.1) is 0 Å². The Kier molecular flexibility index (Phi) is 19.1. The van der Waals surface area contributed by atoms with E-state index in [1.807, 2.05) is 22.7 Å². The molecular weight excluding hydrogens is 1810 g/mol. The highest BCUT2D eigenvalue weighted by molar-refractivity contribution is 7.26. The van der Waals surface area contributed by atoms with Crippen LogP contribution in [0.2, 0.25) is 0 Å². The summed E-state index contributed by atoms with van der Waals surface area (Å²) in [4.78, 5) is 0. The number of benzene rings is 24. The zero-order valence-electron chi connectivity index (χ0n) is 79.2. The van der Waals surface area contributed by atoms with Gasteiger partial charge in [-0.05, 0) is 259 Å². The van der Waals surface area contributed by atoms with Crippen molar-refractivity contribution in [2.45, 2.75) is 0 Å². The molecule has 0 bridgehead atoms. The fourth-order valence-corrected chi connectivity index (χ4v) is 26.4. The fourth-order valence-electron chi connectivity index (χ4n) is 24.0. The molecule has 0 fully saturated rings. The summed E-state index contributed by atoms with van der Waals surface area (Å²) < 4.78 is 19.8. The molecule has 0 radical (unpaired) electrons. The lowest BCUT2D eigenvalue weighted by Crippen LogP contribution is -1.94. The fraction of sp³-hybridized carbons (Fsp3) is 0. The van der Waals surface area contributed by atoms with Gasteiger partial charge in [-0.2, -0.15) is 0 Å². The molecule has 0 amide bonds. The van der Waals surface area contributed by atoms with Crippen molar-refractivity contribution in [3.63, 3.8) is 0 Å². The topological polar surface area (TPSA) is 29.6 Å². The molecule has 0 saturated carbocycles. The van der Waals surface area contributed by atoms with Gasteiger partial charge in [-0.15, -0.1) is 22.7 Å². The number of nitrogens with zero attached hydrogens (tertiary/aromatic N) is 6. The summed E-state index contributed by atoms with van der Waals surface area (Å²) in [7, 11) is 0. The van der Waals surface area contributed by atoms with E-state index < -0.39 is 0 Å². The van der Waals surface area contributed by atoms with Gasteiger partial charge in [0, 0.05) is 118 Å². The smallest absolute Gasteiger partial charge is 0.0640 e. The van der Waals surface area contributed by atoms with E-state index in [4.69, 9.17) is 0 Å². The number of hydrogen-bond donors (Lipinski definition) is 0. The first kappa shape index (κ1) is 83.1. The minimum atomic E-state index is 1.16. The SMILES string of the molecule is c1ccc(-c2ccc(-n3c4ccccc4c4cc(-c5ccc6c(c5)c5ccccc5n6-c5cccc6c5sc5ccccc56)ccc43)cc2)cc1.c1ccc(-n2c3ccccc3c3cc(-c4ccc5c(c4)c4ccccc4n5-c4ccc5c6ccccc6c6ccccc6c5c4)ccc32)cc1.c1ccc(-n2c3ccccc3c3cc(-c4ccc5c(c4)c4ccccc4n5-c4cccc5c4sc4ccccc45)ccc32)cc1. The monoisotopic (exact) mass is 1890 g/mol. The lowest BCUT2D eigenvalue weighted by molar-refractivity contribution is 1.18. The molecular formula is C138H86N6S2. The van der Waals surface area contributed by atoms with Crippen molar-refractivity contribution >= 4 is 226 Å². The summed E-state index contributed by atoms with van der Waals surface area (Å²) in [5, 5.41) is 28.2. The summed E-state index contributed by atoms with van der Waals surface area (Å²) in [5.74, 6) is 0. The van der Waals surface area contributed by atoms with Gasteiger partial charge < -0.3 is 27.4 Å². The van der Waals surface area contributed by atoms with Gasteiger partial charge in [-0.25, -0.2) is 0 Å². The van der Waals surface area contributed by atoms with Crippen molar-refractivity contribution in [3.05, 3.63) is 522 Å². The zero-order valence-corrected chi connectivity index (χ0v) is 80.8. The van der Waals surface area contributed by atoms with Crippen LogP contribution in [0.25, 0.3) is 282 Å². The predicted octanol–water partition coefficient (Wildman–Crippen LogP) is 38.5. The first-order valence-corrected chi connectivity index (χ1v) is 51.7. The van der Waals surface area contributed by atoms with E-state index in [9.17, 15) is 0 Å². The number of hydrogen-bond acceptors (Lipinski definition) is 2. The second kappa shape index (κ2) is 33.5. The molecule has 0 unspecified atom stereocenters. The van der Waals surface area contributed by atoms with E-state index in [2.05, 4.69) is 549 Å². The lowest BCUT2D eigenvalue weighted by atomic mass is 9.94. The quantitative estimate of drug-likeness (QED) is 0.122. The molecule has 0 aliphatic rings. The Balaban J connectivity index is 0.000000102. The molecule has 24 aromatic carbocycles. The first-order valence-electron chi connectivity index (χ1n) is 50.1. The molecule has 0 spiro atoms. The molecule has 0 atom stereocenters. The molecule has 8 aromatic heterocycles. The predicted molar refractivity (Wildman–Crippen MR) is 625 cm³/mol. The summed E-state index contributed by atoms with van der Waals surface area (Å²) in [6.07, 6.45) is 0. The molecule has 0 saturated heterocycles. The molecule has 32 aromatic rings. The van der Waals surface area contributed by atoms with E-state index in [1.165, 1.54) is 276 Å². The molecule has 680 valence electrons. The van der Waals surface area contributed by atoms with Gasteiger partial charge >= 0.3 is 0 Å². The van der Waals surface area contributed by atoms with Crippen LogP contribution in [0.1, 0.15) is 0 Å². The molecule has 0 aliphatic heterocycles. The average molecular weight is 1890 g/mol. The maximum Gasteiger partial charge on any atom is 0.0640 e. The van der Waals surface area contributed by atoms with Gasteiger partial charge in [0.25, 0.3) is 0 Å². The highest BCUT2D eigenvalue weighted by Crippen LogP contribution is 2.49. The minimum Gasteiger partial charge on any atom is -0.309 e. The first-order chi connectivity index (χ1) is 72.4. The third-order valence-electron chi connectivity index (χ3n) is 30.5. The van der Waals surface area contributed by atoms with Gasteiger partial charge in [-0.3, -0.25) is 0 Å². The molecule has 32 rings (SSSR count). The molecule has 8 heteroatoms. The highest BCUT2D eigenvalue weighted by atomic mass is 32.1. The van der Waals surface area contributed by atoms with Crippen molar-refractivity contribution in [2.75, 3.05) is 0 Å². The zero-order chi connectivity index (χ0) is 95.7. The Hall–Kier alpha value is -18.7. The van der Waals surface area contributed by atoms with Gasteiger partial charge in [-0.1, -0.05) is 340 Å².